The van der Waals surface area contributed by atoms with Crippen LogP contribution in [-0.4, -0.2) is 233 Å². The third-order valence-electron chi connectivity index (χ3n) is 18.0. The number of benzene rings is 10. The van der Waals surface area contributed by atoms with Gasteiger partial charge >= 0.3 is 398 Å². The van der Waals surface area contributed by atoms with E-state index in [0.717, 1.165) is 21.5 Å². The van der Waals surface area contributed by atoms with Crippen molar-refractivity contribution in [3.05, 3.63) is 231 Å². The van der Waals surface area contributed by atoms with Gasteiger partial charge in [0.05, 0.1) is 19.6 Å². The van der Waals surface area contributed by atoms with Crippen molar-refractivity contribution >= 4 is 264 Å². The first kappa shape index (κ1) is 110. The Labute approximate surface area is 793 Å². The Kier molecular flexibility index (Phi) is 66.8. The van der Waals surface area contributed by atoms with E-state index in [1.807, 2.05) is 12.1 Å². The maximum atomic E-state index is 10.9. The SMILES string of the molecule is CCCCCCCC[CH2][Ca][CH2]CCCCCCCC.CCCCCCCC[CH2][Ca][CH2]CCCCCCCC.O=S(=O)([O-])c1cccc2ccccc12.O=S(=O)([O-])c1cccc2ccccc12.O=S(=O)([O-])c1cccc2ccccc12.O=S(=O)([O-])c1cccc2ccccc12.[Ca+2].[Ca+2].[Ca+2].[O-]c1ccccc1.[O-]c1ccccc1. The summed E-state index contributed by atoms with van der Waals surface area (Å²) in [7, 11) is -17.5. The van der Waals surface area contributed by atoms with Crippen LogP contribution in [0.5, 0.6) is 11.5 Å². The smallest absolute Gasteiger partial charge is 0.872 e. The van der Waals surface area contributed by atoms with Gasteiger partial charge in [0.25, 0.3) is 0 Å². The van der Waals surface area contributed by atoms with Gasteiger partial charge < -0.3 is 28.4 Å². The number of rotatable bonds is 36. The van der Waals surface area contributed by atoms with Gasteiger partial charge in [-0.15, -0.1) is 11.5 Å². The Morgan fingerprint density at radius 3 is 0.550 bits per heavy atom. The van der Waals surface area contributed by atoms with E-state index in [4.69, 9.17) is 0 Å². The summed E-state index contributed by atoms with van der Waals surface area (Å²) in [5.74, 6) is 0.144. The summed E-state index contributed by atoms with van der Waals surface area (Å²) in [6, 6.07) is 62.8. The van der Waals surface area contributed by atoms with Gasteiger partial charge in [-0.3, -0.25) is 0 Å². The molecule has 584 valence electrons. The Hall–Kier alpha value is -1.22. The summed E-state index contributed by atoms with van der Waals surface area (Å²) < 4.78 is 137. The fraction of sp³-hybridized carbons (Fsp3) is 0.409. The van der Waals surface area contributed by atoms with Crippen molar-refractivity contribution in [3.63, 3.8) is 0 Å². The van der Waals surface area contributed by atoms with Crippen LogP contribution >= 0.6 is 0 Å². The quantitative estimate of drug-likeness (QED) is 0.0201. The van der Waals surface area contributed by atoms with Crippen LogP contribution in [-0.2, 0) is 40.5 Å². The van der Waals surface area contributed by atoms with Crippen LogP contribution in [0, 0.1) is 0 Å². The molecule has 0 saturated heterocycles. The van der Waals surface area contributed by atoms with Crippen LogP contribution in [0.25, 0.3) is 43.1 Å². The molecule has 0 saturated carbocycles. The zero-order valence-electron chi connectivity index (χ0n) is 66.5. The summed E-state index contributed by atoms with van der Waals surface area (Å²) in [6.07, 6.45) is 41.7. The molecule has 10 aromatic rings. The van der Waals surface area contributed by atoms with E-state index in [1.54, 1.807) is 206 Å². The standard InChI is InChI=1S/4C10H8O3S.4C9H19.2C6H6O.5Ca/c4*11-14(12,13)10-7-3-5-8-4-1-2-6-9(8)10;4*1-3-5-7-9-8-6-4-2;2*7-6-4-2-1-3-5-6;;;;;/h4*1-7H,(H,11,12,13);4*1,3-9H2,2H3;2*1-5,7H;;;;;/q;;;;;;;;;;;;3*+2/p-6. The van der Waals surface area contributed by atoms with Crippen molar-refractivity contribution in [1.29, 1.82) is 0 Å². The zero-order valence-corrected chi connectivity index (χ0v) is 80.8. The molecule has 0 heterocycles. The van der Waals surface area contributed by atoms with Crippen molar-refractivity contribution in [2.24, 2.45) is 0 Å². The molecule has 0 radical (unpaired) electrons. The van der Waals surface area contributed by atoms with Crippen molar-refractivity contribution in [1.82, 2.24) is 0 Å². The first-order valence-corrected chi connectivity index (χ1v) is 51.0. The summed E-state index contributed by atoms with van der Waals surface area (Å²) in [4.78, 5) is -0.627. The van der Waals surface area contributed by atoms with E-state index in [9.17, 15) is 62.1 Å². The van der Waals surface area contributed by atoms with Crippen molar-refractivity contribution in [3.8, 4) is 11.5 Å². The van der Waals surface area contributed by atoms with Gasteiger partial charge in [-0.2, -0.15) is 0 Å². The number of fused-ring (bicyclic) bond motifs is 4. The first-order valence-electron chi connectivity index (χ1n) is 39.2. The molecule has 0 aromatic heterocycles. The van der Waals surface area contributed by atoms with E-state index in [0.29, 0.717) is 21.5 Å². The fourth-order valence-electron chi connectivity index (χ4n) is 12.1. The minimum atomic E-state index is -4.38. The summed E-state index contributed by atoms with van der Waals surface area (Å²) >= 11 is -0.169. The molecule has 0 aliphatic heterocycles. The normalized spacial score (nSPS) is 10.7. The molecule has 0 spiro atoms. The van der Waals surface area contributed by atoms with Gasteiger partial charge in [0.2, 0.25) is 0 Å². The molecule has 0 aliphatic carbocycles. The molecule has 10 aromatic carbocycles. The predicted octanol–water partition coefficient (Wildman–Crippen LogP) is 21.4. The fourth-order valence-corrected chi connectivity index (χ4v) is 20.4. The minimum Gasteiger partial charge on any atom is -0.872 e. The Morgan fingerprint density at radius 2 is 0.378 bits per heavy atom. The maximum absolute atomic E-state index is 10.9. The first-order chi connectivity index (χ1) is 52.0. The van der Waals surface area contributed by atoms with Gasteiger partial charge in [-0.1, -0.05) is 206 Å². The van der Waals surface area contributed by atoms with E-state index in [-0.39, 0.29) is 212 Å². The van der Waals surface area contributed by atoms with Crippen LogP contribution in [0.15, 0.2) is 250 Å². The number of para-hydroxylation sites is 2. The van der Waals surface area contributed by atoms with Crippen molar-refractivity contribution < 1.29 is 62.1 Å². The second-order valence-corrected chi connectivity index (χ2v) is 39.0. The van der Waals surface area contributed by atoms with E-state index < -0.39 is 40.5 Å². The van der Waals surface area contributed by atoms with Crippen LogP contribution in [0.1, 0.15) is 207 Å². The zero-order chi connectivity index (χ0) is 79.0. The van der Waals surface area contributed by atoms with Crippen molar-refractivity contribution in [2.75, 3.05) is 0 Å². The minimum absolute atomic E-state index is 0. The summed E-state index contributed by atoms with van der Waals surface area (Å²) in [6.45, 7) is 9.21. The second kappa shape index (κ2) is 67.5. The van der Waals surface area contributed by atoms with Crippen LogP contribution in [0.2, 0.25) is 10.1 Å². The molecule has 23 heteroatoms. The van der Waals surface area contributed by atoms with Crippen LogP contribution in [0.4, 0.5) is 0 Å². The third-order valence-corrected chi connectivity index (χ3v) is 27.8. The van der Waals surface area contributed by atoms with Gasteiger partial charge in [0.15, 0.2) is 0 Å². The van der Waals surface area contributed by atoms with E-state index >= 15 is 0 Å². The van der Waals surface area contributed by atoms with Gasteiger partial charge in [-0.05, 0) is 67.4 Å². The monoisotopic (exact) mass is 1720 g/mol. The number of hydrogen-bond acceptors (Lipinski definition) is 14. The van der Waals surface area contributed by atoms with Gasteiger partial charge in [-0.25, -0.2) is 33.7 Å². The molecule has 0 unspecified atom stereocenters. The second-order valence-electron chi connectivity index (χ2n) is 27.0. The molecule has 0 fully saturated rings. The van der Waals surface area contributed by atoms with E-state index in [1.165, 1.54) is 203 Å². The molecule has 0 atom stereocenters. The van der Waals surface area contributed by atoms with Gasteiger partial charge in [0, 0.05) is 0 Å². The number of hydrogen-bond donors (Lipinski definition) is 0. The topological polar surface area (TPSA) is 275 Å². The molecule has 111 heavy (non-hydrogen) atoms. The molecule has 14 nitrogen and oxygen atoms in total. The van der Waals surface area contributed by atoms with Crippen LogP contribution in [0.3, 0.4) is 0 Å². The molecule has 0 bridgehead atoms. The summed E-state index contributed by atoms with van der Waals surface area (Å²) in [5, 5.41) is 25.5. The molecule has 0 amide bonds. The molecular weight excluding hydrogens is 1610 g/mol. The average molecular weight is 1720 g/mol. The largest absolute Gasteiger partial charge is 2.00 e. The molecular formula is C88H114Ca5O14S4. The maximum Gasteiger partial charge on any atom is 2.00 e. The Balaban J connectivity index is 0.00000126. The van der Waals surface area contributed by atoms with Gasteiger partial charge in [0.1, 0.15) is 40.5 Å². The number of unbranched alkanes of at least 4 members (excludes halogenated alkanes) is 24. The Morgan fingerprint density at radius 1 is 0.216 bits per heavy atom. The predicted molar refractivity (Wildman–Crippen MR) is 459 cm³/mol. The Bertz CT molecular complexity index is 3930. The van der Waals surface area contributed by atoms with Crippen molar-refractivity contribution in [2.45, 2.75) is 237 Å². The van der Waals surface area contributed by atoms with E-state index in [2.05, 4.69) is 27.7 Å². The molecule has 10 rings (SSSR count). The summed E-state index contributed by atoms with van der Waals surface area (Å²) in [5.41, 5.74) is 0. The third kappa shape index (κ3) is 51.8. The average Bonchev–Trinajstić information content (AvgIpc) is 0.826. The van der Waals surface area contributed by atoms with Crippen LogP contribution < -0.4 is 10.2 Å². The molecule has 0 N–H and O–H groups in total. The molecule has 0 aliphatic rings.